The Morgan fingerprint density at radius 3 is 1.79 bits per heavy atom. The number of carbonyl (C=O) groups is 2. The van der Waals surface area contributed by atoms with Crippen molar-refractivity contribution >= 4 is 33.1 Å². The SMILES string of the molecule is O=C(N[C@@H](C(=O)c1ccccc1)S(=O)(=O)c1ccc(Cl)cc1)c1ccccc1. The van der Waals surface area contributed by atoms with Crippen LogP contribution in [-0.2, 0) is 9.84 Å². The first-order valence-corrected chi connectivity index (χ1v) is 10.3. The van der Waals surface area contributed by atoms with Crippen molar-refractivity contribution in [3.8, 4) is 0 Å². The quantitative estimate of drug-likeness (QED) is 0.624. The van der Waals surface area contributed by atoms with Gasteiger partial charge in [-0.3, -0.25) is 9.59 Å². The molecule has 0 aliphatic rings. The molecule has 0 bridgehead atoms. The average Bonchev–Trinajstić information content (AvgIpc) is 2.73. The van der Waals surface area contributed by atoms with Crippen molar-refractivity contribution in [2.75, 3.05) is 0 Å². The Morgan fingerprint density at radius 1 is 0.750 bits per heavy atom. The van der Waals surface area contributed by atoms with Crippen LogP contribution in [0.5, 0.6) is 0 Å². The molecule has 5 nitrogen and oxygen atoms in total. The van der Waals surface area contributed by atoms with Gasteiger partial charge in [0, 0.05) is 16.1 Å². The summed E-state index contributed by atoms with van der Waals surface area (Å²) in [6, 6.07) is 21.5. The second-order valence-corrected chi connectivity index (χ2v) is 8.42. The highest BCUT2D eigenvalue weighted by molar-refractivity contribution is 7.92. The number of ketones is 1. The van der Waals surface area contributed by atoms with Crippen LogP contribution in [0.2, 0.25) is 5.02 Å². The molecule has 1 N–H and O–H groups in total. The van der Waals surface area contributed by atoms with E-state index in [2.05, 4.69) is 5.32 Å². The molecule has 1 atom stereocenters. The smallest absolute Gasteiger partial charge is 0.252 e. The molecule has 0 aliphatic carbocycles. The molecule has 0 aliphatic heterocycles. The van der Waals surface area contributed by atoms with Gasteiger partial charge < -0.3 is 5.32 Å². The lowest BCUT2D eigenvalue weighted by Gasteiger charge is -2.19. The van der Waals surface area contributed by atoms with E-state index in [0.29, 0.717) is 5.02 Å². The van der Waals surface area contributed by atoms with Crippen molar-refractivity contribution in [3.05, 3.63) is 101 Å². The van der Waals surface area contributed by atoms with E-state index in [4.69, 9.17) is 11.6 Å². The fraction of sp³-hybridized carbons (Fsp3) is 0.0476. The minimum atomic E-state index is -4.21. The monoisotopic (exact) mass is 413 g/mol. The maximum Gasteiger partial charge on any atom is 0.252 e. The van der Waals surface area contributed by atoms with Crippen LogP contribution >= 0.6 is 11.6 Å². The summed E-state index contributed by atoms with van der Waals surface area (Å²) in [6.07, 6.45) is 0. The molecule has 3 aromatic carbocycles. The Hall–Kier alpha value is -2.96. The van der Waals surface area contributed by atoms with Crippen LogP contribution < -0.4 is 5.32 Å². The molecule has 0 heterocycles. The normalized spacial score (nSPS) is 12.2. The van der Waals surface area contributed by atoms with Gasteiger partial charge in [0.15, 0.2) is 5.37 Å². The second-order valence-electron chi connectivity index (χ2n) is 5.95. The zero-order chi connectivity index (χ0) is 20.1. The molecular formula is C21H16ClNO4S. The molecule has 7 heteroatoms. The summed E-state index contributed by atoms with van der Waals surface area (Å²) in [5.74, 6) is -1.38. The first kappa shape index (κ1) is 19.8. The van der Waals surface area contributed by atoms with Crippen molar-refractivity contribution in [1.82, 2.24) is 5.32 Å². The summed E-state index contributed by atoms with van der Waals surface area (Å²) < 4.78 is 26.3. The van der Waals surface area contributed by atoms with E-state index >= 15 is 0 Å². The molecule has 28 heavy (non-hydrogen) atoms. The fourth-order valence-corrected chi connectivity index (χ4v) is 4.18. The molecule has 0 saturated carbocycles. The number of Topliss-reactive ketones (excluding diaryl/α,β-unsaturated/α-hetero) is 1. The number of benzene rings is 3. The number of amides is 1. The highest BCUT2D eigenvalue weighted by Crippen LogP contribution is 2.21. The Balaban J connectivity index is 2.02. The van der Waals surface area contributed by atoms with E-state index in [0.717, 1.165) is 0 Å². The highest BCUT2D eigenvalue weighted by atomic mass is 35.5. The molecular weight excluding hydrogens is 398 g/mol. The average molecular weight is 414 g/mol. The molecule has 0 unspecified atom stereocenters. The van der Waals surface area contributed by atoms with Crippen LogP contribution in [-0.4, -0.2) is 25.5 Å². The largest absolute Gasteiger partial charge is 0.329 e. The number of hydrogen-bond acceptors (Lipinski definition) is 4. The van der Waals surface area contributed by atoms with Crippen molar-refractivity contribution in [2.45, 2.75) is 10.3 Å². The van der Waals surface area contributed by atoms with Crippen LogP contribution in [0.3, 0.4) is 0 Å². The van der Waals surface area contributed by atoms with Gasteiger partial charge >= 0.3 is 0 Å². The van der Waals surface area contributed by atoms with Gasteiger partial charge in [-0.2, -0.15) is 0 Å². The molecule has 142 valence electrons. The zero-order valence-corrected chi connectivity index (χ0v) is 16.2. The Labute approximate surface area is 167 Å². The Bertz CT molecular complexity index is 1080. The first-order chi connectivity index (χ1) is 13.4. The van der Waals surface area contributed by atoms with Gasteiger partial charge in [-0.25, -0.2) is 8.42 Å². The topological polar surface area (TPSA) is 80.3 Å². The number of halogens is 1. The lowest BCUT2D eigenvalue weighted by molar-refractivity contribution is 0.0888. The molecule has 3 aromatic rings. The standard InChI is InChI=1S/C21H16ClNO4S/c22-17-11-13-18(14-12-17)28(26,27)21(19(24)15-7-3-1-4-8-15)23-20(25)16-9-5-2-6-10-16/h1-14,21H,(H,23,25)/t21-/m1/s1. The van der Waals surface area contributed by atoms with Crippen molar-refractivity contribution < 1.29 is 18.0 Å². The first-order valence-electron chi connectivity index (χ1n) is 8.34. The number of hydrogen-bond donors (Lipinski definition) is 1. The summed E-state index contributed by atoms with van der Waals surface area (Å²) in [7, 11) is -4.21. The predicted octanol–water partition coefficient (Wildman–Crippen LogP) is 3.75. The maximum absolute atomic E-state index is 13.1. The number of nitrogens with one attached hydrogen (secondary N) is 1. The lowest BCUT2D eigenvalue weighted by Crippen LogP contribution is -2.46. The zero-order valence-electron chi connectivity index (χ0n) is 14.6. The minimum absolute atomic E-state index is 0.112. The molecule has 0 fully saturated rings. The number of carbonyl (C=O) groups excluding carboxylic acids is 2. The third kappa shape index (κ3) is 4.30. The van der Waals surface area contributed by atoms with E-state index in [1.807, 2.05) is 0 Å². The number of rotatable bonds is 6. The summed E-state index contributed by atoms with van der Waals surface area (Å²) in [6.45, 7) is 0. The molecule has 3 rings (SSSR count). The van der Waals surface area contributed by atoms with Crippen LogP contribution in [0.15, 0.2) is 89.8 Å². The summed E-state index contributed by atoms with van der Waals surface area (Å²) in [5, 5.41) is 0.961. The van der Waals surface area contributed by atoms with Gasteiger partial charge in [-0.05, 0) is 36.4 Å². The van der Waals surface area contributed by atoms with E-state index in [1.54, 1.807) is 36.4 Å². The van der Waals surface area contributed by atoms with Crippen molar-refractivity contribution in [1.29, 1.82) is 0 Å². The van der Waals surface area contributed by atoms with Crippen molar-refractivity contribution in [3.63, 3.8) is 0 Å². The second kappa shape index (κ2) is 8.37. The van der Waals surface area contributed by atoms with Gasteiger partial charge in [0.05, 0.1) is 4.90 Å². The van der Waals surface area contributed by atoms with Crippen molar-refractivity contribution in [2.24, 2.45) is 0 Å². The highest BCUT2D eigenvalue weighted by Gasteiger charge is 2.36. The Morgan fingerprint density at radius 2 is 1.25 bits per heavy atom. The van der Waals surface area contributed by atoms with Gasteiger partial charge in [0.2, 0.25) is 15.6 Å². The summed E-state index contributed by atoms with van der Waals surface area (Å²) in [4.78, 5) is 25.4. The van der Waals surface area contributed by atoms with Crippen LogP contribution in [0, 0.1) is 0 Å². The predicted molar refractivity (Wildman–Crippen MR) is 107 cm³/mol. The van der Waals surface area contributed by atoms with Gasteiger partial charge in [-0.15, -0.1) is 0 Å². The van der Waals surface area contributed by atoms with E-state index < -0.39 is 26.9 Å². The van der Waals surface area contributed by atoms with Gasteiger partial charge in [0.1, 0.15) is 0 Å². The van der Waals surface area contributed by atoms with Gasteiger partial charge in [-0.1, -0.05) is 60.1 Å². The summed E-state index contributed by atoms with van der Waals surface area (Å²) in [5.41, 5.74) is 0.429. The van der Waals surface area contributed by atoms with Crippen LogP contribution in [0.25, 0.3) is 0 Å². The molecule has 0 saturated heterocycles. The lowest BCUT2D eigenvalue weighted by atomic mass is 10.1. The third-order valence-corrected chi connectivity index (χ3v) is 6.18. The number of sulfone groups is 1. The van der Waals surface area contributed by atoms with Crippen LogP contribution in [0.1, 0.15) is 20.7 Å². The minimum Gasteiger partial charge on any atom is -0.329 e. The maximum atomic E-state index is 13.1. The van der Waals surface area contributed by atoms with Crippen LogP contribution in [0.4, 0.5) is 0 Å². The van der Waals surface area contributed by atoms with E-state index in [-0.39, 0.29) is 16.0 Å². The Kier molecular flexibility index (Phi) is 5.92. The molecule has 0 spiro atoms. The fourth-order valence-electron chi connectivity index (χ4n) is 2.59. The molecule has 1 amide bonds. The summed E-state index contributed by atoms with van der Waals surface area (Å²) >= 11 is 5.83. The molecule has 0 radical (unpaired) electrons. The van der Waals surface area contributed by atoms with Gasteiger partial charge in [0.25, 0.3) is 5.91 Å². The van der Waals surface area contributed by atoms with E-state index in [9.17, 15) is 18.0 Å². The molecule has 0 aromatic heterocycles. The van der Waals surface area contributed by atoms with E-state index in [1.165, 1.54) is 48.5 Å². The third-order valence-electron chi connectivity index (χ3n) is 4.05.